The van der Waals surface area contributed by atoms with E-state index in [0.29, 0.717) is 34.1 Å². The molecule has 0 aliphatic rings. The lowest BCUT2D eigenvalue weighted by molar-refractivity contribution is -0.116. The van der Waals surface area contributed by atoms with Crippen LogP contribution < -0.4 is 5.32 Å². The van der Waals surface area contributed by atoms with E-state index in [0.717, 1.165) is 5.56 Å². The summed E-state index contributed by atoms with van der Waals surface area (Å²) in [6.07, 6.45) is 0.857. The quantitative estimate of drug-likeness (QED) is 0.861. The largest absolute Gasteiger partial charge is 0.345 e. The fourth-order valence-corrected chi connectivity index (χ4v) is 2.67. The van der Waals surface area contributed by atoms with Crippen molar-refractivity contribution in [3.63, 3.8) is 0 Å². The Morgan fingerprint density at radius 3 is 2.38 bits per heavy atom. The number of aryl methyl sites for hydroxylation is 1. The second-order valence-corrected chi connectivity index (χ2v) is 6.35. The van der Waals surface area contributed by atoms with Crippen molar-refractivity contribution in [3.05, 3.63) is 63.6 Å². The Morgan fingerprint density at radius 2 is 1.75 bits per heavy atom. The molecule has 0 aromatic heterocycles. The van der Waals surface area contributed by atoms with Crippen LogP contribution in [0, 0.1) is 0 Å². The molecule has 0 atom stereocenters. The van der Waals surface area contributed by atoms with Gasteiger partial charge in [-0.25, -0.2) is 0 Å². The molecule has 1 N–H and O–H groups in total. The molecule has 4 nitrogen and oxygen atoms in total. The molecule has 0 unspecified atom stereocenters. The summed E-state index contributed by atoms with van der Waals surface area (Å²) in [6, 6.07) is 12.3. The molecular formula is C18H18Cl2N2O2. The van der Waals surface area contributed by atoms with Gasteiger partial charge in [-0.15, -0.1) is 0 Å². The van der Waals surface area contributed by atoms with Crippen molar-refractivity contribution in [1.82, 2.24) is 4.90 Å². The molecule has 0 aliphatic heterocycles. The van der Waals surface area contributed by atoms with Crippen LogP contribution in [0.15, 0.2) is 42.5 Å². The average molecular weight is 365 g/mol. The molecule has 0 saturated heterocycles. The highest BCUT2D eigenvalue weighted by Gasteiger charge is 2.13. The number of carbonyl (C=O) groups excluding carboxylic acids is 2. The number of nitrogens with zero attached hydrogens (tertiary/aromatic N) is 1. The van der Waals surface area contributed by atoms with Gasteiger partial charge in [-0.1, -0.05) is 41.4 Å². The zero-order chi connectivity index (χ0) is 17.7. The van der Waals surface area contributed by atoms with Crippen LogP contribution in [-0.4, -0.2) is 30.8 Å². The maximum atomic E-state index is 12.1. The van der Waals surface area contributed by atoms with Crippen molar-refractivity contribution in [2.75, 3.05) is 19.4 Å². The van der Waals surface area contributed by atoms with Crippen LogP contribution >= 0.6 is 23.2 Å². The monoisotopic (exact) mass is 364 g/mol. The Kier molecular flexibility index (Phi) is 6.23. The number of hydrogen-bond donors (Lipinski definition) is 1. The van der Waals surface area contributed by atoms with Gasteiger partial charge >= 0.3 is 0 Å². The molecule has 126 valence electrons. The molecular weight excluding hydrogens is 347 g/mol. The Labute approximate surface area is 151 Å². The van der Waals surface area contributed by atoms with Gasteiger partial charge in [0.25, 0.3) is 5.91 Å². The van der Waals surface area contributed by atoms with Gasteiger partial charge in [0.05, 0.1) is 10.6 Å². The van der Waals surface area contributed by atoms with Gasteiger partial charge in [0.1, 0.15) is 0 Å². The molecule has 2 rings (SSSR count). The first-order valence-corrected chi connectivity index (χ1v) is 8.18. The zero-order valence-electron chi connectivity index (χ0n) is 13.5. The van der Waals surface area contributed by atoms with Gasteiger partial charge in [0.15, 0.2) is 0 Å². The summed E-state index contributed by atoms with van der Waals surface area (Å²) in [5, 5.41) is 3.73. The minimum absolute atomic E-state index is 0.141. The summed E-state index contributed by atoms with van der Waals surface area (Å²) >= 11 is 12.2. The van der Waals surface area contributed by atoms with Crippen molar-refractivity contribution in [2.45, 2.75) is 12.8 Å². The van der Waals surface area contributed by atoms with Crippen LogP contribution in [0.4, 0.5) is 5.69 Å². The van der Waals surface area contributed by atoms with Crippen molar-refractivity contribution < 1.29 is 9.59 Å². The lowest BCUT2D eigenvalue weighted by Gasteiger charge is -2.13. The van der Waals surface area contributed by atoms with Crippen LogP contribution in [-0.2, 0) is 11.2 Å². The van der Waals surface area contributed by atoms with Crippen molar-refractivity contribution in [3.8, 4) is 0 Å². The predicted octanol–water partition coefficient (Wildman–Crippen LogP) is 4.27. The molecule has 0 aliphatic carbocycles. The summed E-state index contributed by atoms with van der Waals surface area (Å²) < 4.78 is 0. The number of rotatable bonds is 5. The van der Waals surface area contributed by atoms with E-state index in [2.05, 4.69) is 5.32 Å². The minimum Gasteiger partial charge on any atom is -0.345 e. The summed E-state index contributed by atoms with van der Waals surface area (Å²) in [5.41, 5.74) is 1.88. The Hall–Kier alpha value is -2.04. The van der Waals surface area contributed by atoms with E-state index in [1.165, 1.54) is 4.90 Å². The topological polar surface area (TPSA) is 49.4 Å². The van der Waals surface area contributed by atoms with Crippen molar-refractivity contribution in [1.29, 1.82) is 0 Å². The second-order valence-electron chi connectivity index (χ2n) is 5.53. The number of carbonyl (C=O) groups is 2. The van der Waals surface area contributed by atoms with Gasteiger partial charge < -0.3 is 10.2 Å². The molecule has 0 fully saturated rings. The summed E-state index contributed by atoms with van der Waals surface area (Å²) in [7, 11) is 3.31. The van der Waals surface area contributed by atoms with E-state index < -0.39 is 0 Å². The van der Waals surface area contributed by atoms with Crippen LogP contribution in [0.5, 0.6) is 0 Å². The fourth-order valence-electron chi connectivity index (χ4n) is 2.18. The number of nitrogens with one attached hydrogen (secondary N) is 1. The average Bonchev–Trinajstić information content (AvgIpc) is 2.53. The number of amides is 2. The molecule has 0 saturated carbocycles. The third-order valence-electron chi connectivity index (χ3n) is 3.47. The molecule has 0 bridgehead atoms. The van der Waals surface area contributed by atoms with E-state index >= 15 is 0 Å². The summed E-state index contributed by atoms with van der Waals surface area (Å²) in [6.45, 7) is 0. The normalized spacial score (nSPS) is 10.3. The van der Waals surface area contributed by atoms with Crippen LogP contribution in [0.1, 0.15) is 22.3 Å². The van der Waals surface area contributed by atoms with Crippen LogP contribution in [0.25, 0.3) is 0 Å². The van der Waals surface area contributed by atoms with E-state index in [9.17, 15) is 9.59 Å². The van der Waals surface area contributed by atoms with Crippen LogP contribution in [0.3, 0.4) is 0 Å². The predicted molar refractivity (Wildman–Crippen MR) is 97.9 cm³/mol. The molecule has 2 aromatic rings. The highest BCUT2D eigenvalue weighted by molar-refractivity contribution is 6.34. The molecule has 2 aromatic carbocycles. The molecule has 0 spiro atoms. The number of halogens is 2. The Balaban J connectivity index is 1.98. The molecule has 24 heavy (non-hydrogen) atoms. The third kappa shape index (κ3) is 4.73. The van der Waals surface area contributed by atoms with Gasteiger partial charge in [0, 0.05) is 31.2 Å². The van der Waals surface area contributed by atoms with Crippen LogP contribution in [0.2, 0.25) is 10.0 Å². The van der Waals surface area contributed by atoms with Crippen molar-refractivity contribution in [2.24, 2.45) is 0 Å². The molecule has 6 heteroatoms. The SMILES string of the molecule is CN(C)C(=O)c1ccc(NC(=O)CCc2ccccc2Cl)cc1Cl. The first-order chi connectivity index (χ1) is 11.4. The Morgan fingerprint density at radius 1 is 1.04 bits per heavy atom. The summed E-state index contributed by atoms with van der Waals surface area (Å²) in [5.74, 6) is -0.325. The van der Waals surface area contributed by atoms with Crippen molar-refractivity contribution >= 4 is 40.7 Å². The number of hydrogen-bond acceptors (Lipinski definition) is 2. The van der Waals surface area contributed by atoms with E-state index in [-0.39, 0.29) is 11.8 Å². The lowest BCUT2D eigenvalue weighted by atomic mass is 10.1. The molecule has 2 amide bonds. The van der Waals surface area contributed by atoms with Gasteiger partial charge in [-0.05, 0) is 36.2 Å². The maximum absolute atomic E-state index is 12.1. The smallest absolute Gasteiger partial charge is 0.254 e. The Bertz CT molecular complexity index is 760. The van der Waals surface area contributed by atoms with E-state index in [1.54, 1.807) is 38.4 Å². The van der Waals surface area contributed by atoms with E-state index in [1.807, 2.05) is 18.2 Å². The number of benzene rings is 2. The van der Waals surface area contributed by atoms with Gasteiger partial charge in [0.2, 0.25) is 5.91 Å². The number of anilines is 1. The van der Waals surface area contributed by atoms with Gasteiger partial charge in [-0.2, -0.15) is 0 Å². The molecule has 0 heterocycles. The van der Waals surface area contributed by atoms with Gasteiger partial charge in [-0.3, -0.25) is 9.59 Å². The lowest BCUT2D eigenvalue weighted by Crippen LogP contribution is -2.22. The highest BCUT2D eigenvalue weighted by atomic mass is 35.5. The van der Waals surface area contributed by atoms with E-state index in [4.69, 9.17) is 23.2 Å². The standard InChI is InChI=1S/C18H18Cl2N2O2/c1-22(2)18(24)14-9-8-13(11-16(14)20)21-17(23)10-7-12-5-3-4-6-15(12)19/h3-6,8-9,11H,7,10H2,1-2H3,(H,21,23). The second kappa shape index (κ2) is 8.18. The maximum Gasteiger partial charge on any atom is 0.254 e. The minimum atomic E-state index is -0.184. The first-order valence-electron chi connectivity index (χ1n) is 7.43. The third-order valence-corrected chi connectivity index (χ3v) is 4.15. The first kappa shape index (κ1) is 18.3. The fraction of sp³-hybridized carbons (Fsp3) is 0.222. The zero-order valence-corrected chi connectivity index (χ0v) is 15.0. The summed E-state index contributed by atoms with van der Waals surface area (Å²) in [4.78, 5) is 25.4. The molecule has 0 radical (unpaired) electrons. The highest BCUT2D eigenvalue weighted by Crippen LogP contribution is 2.22.